The van der Waals surface area contributed by atoms with Crippen molar-refractivity contribution in [1.82, 2.24) is 0 Å². The zero-order valence-corrected chi connectivity index (χ0v) is 9.99. The zero-order chi connectivity index (χ0) is 12.3. The van der Waals surface area contributed by atoms with Gasteiger partial charge < -0.3 is 15.2 Å². The van der Waals surface area contributed by atoms with Gasteiger partial charge in [0.25, 0.3) is 0 Å². The van der Waals surface area contributed by atoms with Gasteiger partial charge in [0, 0.05) is 18.6 Å². The Morgan fingerprint density at radius 1 is 1.59 bits per heavy atom. The van der Waals surface area contributed by atoms with Crippen LogP contribution in [-0.4, -0.2) is 19.8 Å². The van der Waals surface area contributed by atoms with Crippen molar-refractivity contribution >= 4 is 0 Å². The van der Waals surface area contributed by atoms with Gasteiger partial charge in [0.05, 0.1) is 13.2 Å². The Labute approximate surface area is 101 Å². The number of hydrogen-bond donors (Lipinski definition) is 1. The molecule has 1 heterocycles. The molecule has 0 spiro atoms. The van der Waals surface area contributed by atoms with Gasteiger partial charge in [0.1, 0.15) is 0 Å². The number of nitrogens with two attached hydrogens (primary N) is 1. The lowest BCUT2D eigenvalue weighted by atomic mass is 10.1. The maximum absolute atomic E-state index is 13.7. The van der Waals surface area contributed by atoms with Crippen LogP contribution in [0.1, 0.15) is 24.9 Å². The van der Waals surface area contributed by atoms with Crippen LogP contribution in [0, 0.1) is 11.7 Å². The summed E-state index contributed by atoms with van der Waals surface area (Å²) >= 11 is 0. The molecule has 0 bridgehead atoms. The maximum atomic E-state index is 13.7. The summed E-state index contributed by atoms with van der Waals surface area (Å²) in [6, 6.07) is 4.71. The van der Waals surface area contributed by atoms with E-state index in [0.717, 1.165) is 18.6 Å². The third-order valence-electron chi connectivity index (χ3n) is 2.98. The minimum absolute atomic E-state index is 0.165. The van der Waals surface area contributed by atoms with Gasteiger partial charge in [0.2, 0.25) is 0 Å². The minimum atomic E-state index is -0.348. The summed E-state index contributed by atoms with van der Waals surface area (Å²) in [6.45, 7) is 3.82. The van der Waals surface area contributed by atoms with Crippen LogP contribution < -0.4 is 10.5 Å². The van der Waals surface area contributed by atoms with Crippen LogP contribution in [0.3, 0.4) is 0 Å². The molecule has 1 fully saturated rings. The van der Waals surface area contributed by atoms with Crippen LogP contribution in [0.15, 0.2) is 18.2 Å². The molecule has 1 saturated heterocycles. The number of rotatable bonds is 4. The normalized spacial score (nSPS) is 21.5. The first-order valence-electron chi connectivity index (χ1n) is 5.92. The Hall–Kier alpha value is -1.13. The molecule has 1 aromatic carbocycles. The highest BCUT2D eigenvalue weighted by Gasteiger charge is 2.17. The van der Waals surface area contributed by atoms with Gasteiger partial charge in [-0.15, -0.1) is 0 Å². The Morgan fingerprint density at radius 2 is 2.41 bits per heavy atom. The topological polar surface area (TPSA) is 44.5 Å². The molecule has 0 aromatic heterocycles. The predicted octanol–water partition coefficient (Wildman–Crippen LogP) is 2.26. The van der Waals surface area contributed by atoms with E-state index in [1.807, 2.05) is 6.92 Å². The lowest BCUT2D eigenvalue weighted by molar-refractivity contribution is 0.165. The predicted molar refractivity (Wildman–Crippen MR) is 63.4 cm³/mol. The van der Waals surface area contributed by atoms with E-state index in [0.29, 0.717) is 24.9 Å². The second-order valence-corrected chi connectivity index (χ2v) is 4.52. The molecule has 0 saturated carbocycles. The van der Waals surface area contributed by atoms with E-state index < -0.39 is 0 Å². The summed E-state index contributed by atoms with van der Waals surface area (Å²) in [7, 11) is 0. The summed E-state index contributed by atoms with van der Waals surface area (Å²) in [5.74, 6) is 0.322. The van der Waals surface area contributed by atoms with Gasteiger partial charge in [-0.25, -0.2) is 4.39 Å². The first-order chi connectivity index (χ1) is 8.16. The number of hydrogen-bond acceptors (Lipinski definition) is 3. The Bertz CT molecular complexity index is 376. The van der Waals surface area contributed by atoms with Crippen LogP contribution in [0.2, 0.25) is 0 Å². The largest absolute Gasteiger partial charge is 0.490 e. The summed E-state index contributed by atoms with van der Waals surface area (Å²) in [5, 5.41) is 0. The molecule has 1 aliphatic rings. The van der Waals surface area contributed by atoms with Crippen molar-refractivity contribution in [3.8, 4) is 5.75 Å². The van der Waals surface area contributed by atoms with Crippen LogP contribution in [0.5, 0.6) is 5.75 Å². The van der Waals surface area contributed by atoms with Gasteiger partial charge in [-0.1, -0.05) is 6.07 Å². The fourth-order valence-corrected chi connectivity index (χ4v) is 1.84. The van der Waals surface area contributed by atoms with Crippen molar-refractivity contribution < 1.29 is 13.9 Å². The summed E-state index contributed by atoms with van der Waals surface area (Å²) < 4.78 is 24.4. The zero-order valence-electron chi connectivity index (χ0n) is 9.99. The first kappa shape index (κ1) is 12.3. The van der Waals surface area contributed by atoms with E-state index in [1.165, 1.54) is 6.07 Å². The molecular formula is C13H18FNO2. The lowest BCUT2D eigenvalue weighted by Gasteiger charge is -2.12. The van der Waals surface area contributed by atoms with Crippen molar-refractivity contribution in [1.29, 1.82) is 0 Å². The first-order valence-corrected chi connectivity index (χ1v) is 5.92. The Kier molecular flexibility index (Phi) is 3.97. The molecule has 2 atom stereocenters. The highest BCUT2D eigenvalue weighted by Crippen LogP contribution is 2.22. The molecule has 1 aromatic rings. The standard InChI is InChI=1S/C13H18FNO2/c1-9(15)11-2-3-13(12(14)6-11)17-8-10-4-5-16-7-10/h2-3,6,9-10H,4-5,7-8,15H2,1H3. The highest BCUT2D eigenvalue weighted by molar-refractivity contribution is 5.30. The van der Waals surface area contributed by atoms with Crippen LogP contribution in [0.4, 0.5) is 4.39 Å². The van der Waals surface area contributed by atoms with E-state index >= 15 is 0 Å². The smallest absolute Gasteiger partial charge is 0.165 e. The van der Waals surface area contributed by atoms with Crippen molar-refractivity contribution in [3.05, 3.63) is 29.6 Å². The monoisotopic (exact) mass is 239 g/mol. The van der Waals surface area contributed by atoms with Crippen LogP contribution >= 0.6 is 0 Å². The molecule has 3 nitrogen and oxygen atoms in total. The lowest BCUT2D eigenvalue weighted by Crippen LogP contribution is -2.12. The molecule has 0 amide bonds. The molecule has 1 aliphatic heterocycles. The van der Waals surface area contributed by atoms with E-state index in [1.54, 1.807) is 12.1 Å². The molecule has 0 radical (unpaired) electrons. The number of benzene rings is 1. The van der Waals surface area contributed by atoms with Crippen molar-refractivity contribution in [2.24, 2.45) is 11.7 Å². The molecule has 2 N–H and O–H groups in total. The molecule has 2 unspecified atom stereocenters. The maximum Gasteiger partial charge on any atom is 0.165 e. The van der Waals surface area contributed by atoms with E-state index in [9.17, 15) is 4.39 Å². The number of halogens is 1. The second kappa shape index (κ2) is 5.47. The second-order valence-electron chi connectivity index (χ2n) is 4.52. The fourth-order valence-electron chi connectivity index (χ4n) is 1.84. The third-order valence-corrected chi connectivity index (χ3v) is 2.98. The molecular weight excluding hydrogens is 221 g/mol. The molecule has 2 rings (SSSR count). The SMILES string of the molecule is CC(N)c1ccc(OCC2CCOC2)c(F)c1. The van der Waals surface area contributed by atoms with Gasteiger partial charge in [-0.2, -0.15) is 0 Å². The average molecular weight is 239 g/mol. The summed E-state index contributed by atoms with van der Waals surface area (Å²) in [5.41, 5.74) is 6.46. The molecule has 94 valence electrons. The van der Waals surface area contributed by atoms with Crippen molar-refractivity contribution in [2.75, 3.05) is 19.8 Å². The molecule has 4 heteroatoms. The van der Waals surface area contributed by atoms with Gasteiger partial charge in [-0.3, -0.25) is 0 Å². The van der Waals surface area contributed by atoms with Gasteiger partial charge in [0.15, 0.2) is 11.6 Å². The third kappa shape index (κ3) is 3.17. The Morgan fingerprint density at radius 3 is 3.00 bits per heavy atom. The van der Waals surface area contributed by atoms with E-state index in [2.05, 4.69) is 0 Å². The highest BCUT2D eigenvalue weighted by atomic mass is 19.1. The van der Waals surface area contributed by atoms with Gasteiger partial charge >= 0.3 is 0 Å². The average Bonchev–Trinajstić information content (AvgIpc) is 2.80. The fraction of sp³-hybridized carbons (Fsp3) is 0.538. The molecule has 0 aliphatic carbocycles. The van der Waals surface area contributed by atoms with Crippen LogP contribution in [-0.2, 0) is 4.74 Å². The van der Waals surface area contributed by atoms with E-state index in [4.69, 9.17) is 15.2 Å². The summed E-state index contributed by atoms with van der Waals surface area (Å²) in [4.78, 5) is 0. The Balaban J connectivity index is 1.96. The van der Waals surface area contributed by atoms with Crippen molar-refractivity contribution in [3.63, 3.8) is 0 Å². The number of ether oxygens (including phenoxy) is 2. The molecule has 17 heavy (non-hydrogen) atoms. The minimum Gasteiger partial charge on any atom is -0.490 e. The summed E-state index contributed by atoms with van der Waals surface area (Å²) in [6.07, 6.45) is 0.986. The van der Waals surface area contributed by atoms with Crippen LogP contribution in [0.25, 0.3) is 0 Å². The van der Waals surface area contributed by atoms with E-state index in [-0.39, 0.29) is 11.9 Å². The van der Waals surface area contributed by atoms with Crippen molar-refractivity contribution in [2.45, 2.75) is 19.4 Å². The van der Waals surface area contributed by atoms with Gasteiger partial charge in [-0.05, 0) is 31.0 Å². The quantitative estimate of drug-likeness (QED) is 0.876.